The first kappa shape index (κ1) is 20.7. The summed E-state index contributed by atoms with van der Waals surface area (Å²) in [5.74, 6) is -2.55. The molecule has 2 amide bonds. The van der Waals surface area contributed by atoms with Crippen molar-refractivity contribution in [2.24, 2.45) is 0 Å². The number of carbonyl (C=O) groups excluding carboxylic acids is 4. The van der Waals surface area contributed by atoms with E-state index < -0.39 is 36.4 Å². The molecule has 0 spiro atoms. The first-order valence-corrected chi connectivity index (χ1v) is 8.49. The third-order valence-corrected chi connectivity index (χ3v) is 3.49. The molecule has 1 heterocycles. The van der Waals surface area contributed by atoms with Crippen LogP contribution in [0.4, 0.5) is 5.69 Å². The average Bonchev–Trinajstić information content (AvgIpc) is 3.21. The van der Waals surface area contributed by atoms with Crippen molar-refractivity contribution in [3.8, 4) is 0 Å². The average molecular weight is 388 g/mol. The topological polar surface area (TPSA) is 124 Å². The van der Waals surface area contributed by atoms with Gasteiger partial charge < -0.3 is 24.5 Å². The van der Waals surface area contributed by atoms with Gasteiger partial charge in [0, 0.05) is 0 Å². The van der Waals surface area contributed by atoms with Crippen molar-refractivity contribution in [2.45, 2.75) is 19.9 Å². The van der Waals surface area contributed by atoms with Crippen LogP contribution < -0.4 is 10.6 Å². The minimum Gasteiger partial charge on any atom is -0.462 e. The third-order valence-electron chi connectivity index (χ3n) is 3.49. The molecule has 0 unspecified atom stereocenters. The summed E-state index contributed by atoms with van der Waals surface area (Å²) in [6.45, 7) is 2.69. The molecule has 9 heteroatoms. The van der Waals surface area contributed by atoms with E-state index in [0.717, 1.165) is 0 Å². The Morgan fingerprint density at radius 1 is 1.07 bits per heavy atom. The molecular weight excluding hydrogens is 368 g/mol. The van der Waals surface area contributed by atoms with Crippen LogP contribution in [0.15, 0.2) is 47.1 Å². The van der Waals surface area contributed by atoms with Gasteiger partial charge in [-0.15, -0.1) is 0 Å². The van der Waals surface area contributed by atoms with E-state index in [-0.39, 0.29) is 23.6 Å². The number of rotatable bonds is 8. The molecule has 0 aliphatic rings. The number of hydrogen-bond acceptors (Lipinski definition) is 7. The minimum atomic E-state index is -0.989. The smallest absolute Gasteiger partial charge is 0.340 e. The van der Waals surface area contributed by atoms with Gasteiger partial charge in [0.1, 0.15) is 6.04 Å². The van der Waals surface area contributed by atoms with Gasteiger partial charge in [0.2, 0.25) is 0 Å². The monoisotopic (exact) mass is 388 g/mol. The van der Waals surface area contributed by atoms with Crippen LogP contribution in [0.5, 0.6) is 0 Å². The Labute approximate surface area is 161 Å². The number of ether oxygens (including phenoxy) is 2. The lowest BCUT2D eigenvalue weighted by Gasteiger charge is -2.13. The van der Waals surface area contributed by atoms with E-state index in [1.54, 1.807) is 19.1 Å². The summed E-state index contributed by atoms with van der Waals surface area (Å²) in [4.78, 5) is 47.7. The molecule has 0 fully saturated rings. The normalized spacial score (nSPS) is 11.2. The van der Waals surface area contributed by atoms with Crippen molar-refractivity contribution >= 4 is 29.4 Å². The number of anilines is 1. The maximum Gasteiger partial charge on any atom is 0.340 e. The number of nitrogens with one attached hydrogen (secondary N) is 2. The summed E-state index contributed by atoms with van der Waals surface area (Å²) in [5, 5.41) is 4.88. The zero-order chi connectivity index (χ0) is 20.5. The number of para-hydroxylation sites is 1. The van der Waals surface area contributed by atoms with Crippen molar-refractivity contribution in [1.82, 2.24) is 5.32 Å². The molecule has 2 N–H and O–H groups in total. The number of amides is 2. The molecule has 0 saturated carbocycles. The Morgan fingerprint density at radius 2 is 1.82 bits per heavy atom. The number of carbonyl (C=O) groups is 4. The van der Waals surface area contributed by atoms with Gasteiger partial charge in [-0.2, -0.15) is 0 Å². The number of esters is 2. The second-order valence-corrected chi connectivity index (χ2v) is 5.59. The fraction of sp³-hybridized carbons (Fsp3) is 0.263. The third kappa shape index (κ3) is 5.70. The molecule has 28 heavy (non-hydrogen) atoms. The van der Waals surface area contributed by atoms with Crippen LogP contribution in [0.1, 0.15) is 34.8 Å². The van der Waals surface area contributed by atoms with Crippen LogP contribution in [-0.2, 0) is 19.1 Å². The summed E-state index contributed by atoms with van der Waals surface area (Å²) in [6, 6.07) is 8.29. The van der Waals surface area contributed by atoms with Crippen molar-refractivity contribution < 1.29 is 33.1 Å². The molecule has 0 bridgehead atoms. The van der Waals surface area contributed by atoms with Gasteiger partial charge in [0.25, 0.3) is 11.8 Å². The molecule has 1 aromatic carbocycles. The molecule has 9 nitrogen and oxygen atoms in total. The van der Waals surface area contributed by atoms with Gasteiger partial charge in [-0.05, 0) is 38.1 Å². The van der Waals surface area contributed by atoms with Gasteiger partial charge in [0.05, 0.1) is 24.1 Å². The van der Waals surface area contributed by atoms with Crippen molar-refractivity contribution in [1.29, 1.82) is 0 Å². The van der Waals surface area contributed by atoms with Crippen LogP contribution in [-0.4, -0.2) is 43.0 Å². The quantitative estimate of drug-likeness (QED) is 0.660. The first-order chi connectivity index (χ1) is 13.4. The molecule has 1 atom stereocenters. The summed E-state index contributed by atoms with van der Waals surface area (Å²) >= 11 is 0. The zero-order valence-corrected chi connectivity index (χ0v) is 15.4. The Kier molecular flexibility index (Phi) is 7.32. The zero-order valence-electron chi connectivity index (χ0n) is 15.4. The highest BCUT2D eigenvalue weighted by Crippen LogP contribution is 2.16. The van der Waals surface area contributed by atoms with Gasteiger partial charge in [-0.3, -0.25) is 9.59 Å². The number of benzene rings is 1. The molecule has 2 rings (SSSR count). The first-order valence-electron chi connectivity index (χ1n) is 8.49. The van der Waals surface area contributed by atoms with E-state index in [4.69, 9.17) is 13.9 Å². The fourth-order valence-electron chi connectivity index (χ4n) is 2.16. The van der Waals surface area contributed by atoms with Gasteiger partial charge in [0.15, 0.2) is 12.4 Å². The molecular formula is C19H20N2O7. The lowest BCUT2D eigenvalue weighted by molar-refractivity contribution is -0.148. The Balaban J connectivity index is 1.86. The summed E-state index contributed by atoms with van der Waals surface area (Å²) in [6.07, 6.45) is 1.33. The summed E-state index contributed by atoms with van der Waals surface area (Å²) in [7, 11) is 0. The minimum absolute atomic E-state index is 0.0490. The fourth-order valence-corrected chi connectivity index (χ4v) is 2.16. The standard InChI is InChI=1S/C19H20N2O7/c1-3-26-19(25)13-7-4-5-8-14(13)21-16(22)11-28-18(24)12(2)20-17(23)15-9-6-10-27-15/h4-10,12H,3,11H2,1-2H3,(H,20,23)(H,21,22)/t12-/m0/s1. The maximum absolute atomic E-state index is 12.0. The molecule has 0 aliphatic carbocycles. The SMILES string of the molecule is CCOC(=O)c1ccccc1NC(=O)COC(=O)[C@H](C)NC(=O)c1ccco1. The number of furan rings is 1. The predicted octanol–water partition coefficient (Wildman–Crippen LogP) is 1.76. The summed E-state index contributed by atoms with van der Waals surface area (Å²) < 4.78 is 14.7. The predicted molar refractivity (Wildman–Crippen MR) is 97.6 cm³/mol. The van der Waals surface area contributed by atoms with E-state index in [0.29, 0.717) is 0 Å². The van der Waals surface area contributed by atoms with E-state index in [1.165, 1.54) is 37.5 Å². The molecule has 0 radical (unpaired) electrons. The van der Waals surface area contributed by atoms with E-state index in [2.05, 4.69) is 10.6 Å². The van der Waals surface area contributed by atoms with E-state index in [1.807, 2.05) is 0 Å². The molecule has 0 saturated heterocycles. The molecule has 0 aliphatic heterocycles. The highest BCUT2D eigenvalue weighted by molar-refractivity contribution is 6.02. The van der Waals surface area contributed by atoms with Crippen LogP contribution in [0.3, 0.4) is 0 Å². The molecule has 148 valence electrons. The molecule has 1 aromatic heterocycles. The van der Waals surface area contributed by atoms with Crippen LogP contribution in [0.2, 0.25) is 0 Å². The molecule has 2 aromatic rings. The summed E-state index contributed by atoms with van der Waals surface area (Å²) in [5.41, 5.74) is 0.421. The van der Waals surface area contributed by atoms with Crippen LogP contribution in [0.25, 0.3) is 0 Å². The second-order valence-electron chi connectivity index (χ2n) is 5.59. The lowest BCUT2D eigenvalue weighted by atomic mass is 10.2. The van der Waals surface area contributed by atoms with Crippen LogP contribution >= 0.6 is 0 Å². The van der Waals surface area contributed by atoms with E-state index in [9.17, 15) is 19.2 Å². The van der Waals surface area contributed by atoms with Crippen molar-refractivity contribution in [2.75, 3.05) is 18.5 Å². The second kappa shape index (κ2) is 9.91. The highest BCUT2D eigenvalue weighted by atomic mass is 16.5. The Morgan fingerprint density at radius 3 is 2.50 bits per heavy atom. The van der Waals surface area contributed by atoms with Crippen LogP contribution in [0, 0.1) is 0 Å². The maximum atomic E-state index is 12.0. The van der Waals surface area contributed by atoms with Gasteiger partial charge >= 0.3 is 11.9 Å². The van der Waals surface area contributed by atoms with Gasteiger partial charge in [-0.25, -0.2) is 9.59 Å². The Hall–Kier alpha value is -3.62. The van der Waals surface area contributed by atoms with Crippen molar-refractivity contribution in [3.05, 3.63) is 54.0 Å². The van der Waals surface area contributed by atoms with Crippen molar-refractivity contribution in [3.63, 3.8) is 0 Å². The largest absolute Gasteiger partial charge is 0.462 e. The van der Waals surface area contributed by atoms with Gasteiger partial charge in [-0.1, -0.05) is 12.1 Å². The Bertz CT molecular complexity index is 846. The lowest BCUT2D eigenvalue weighted by Crippen LogP contribution is -2.40. The van der Waals surface area contributed by atoms with E-state index >= 15 is 0 Å². The number of hydrogen-bond donors (Lipinski definition) is 2. The highest BCUT2D eigenvalue weighted by Gasteiger charge is 2.21.